The van der Waals surface area contributed by atoms with Crippen LogP contribution in [0.25, 0.3) is 0 Å². The second kappa shape index (κ2) is 7.33. The lowest BCUT2D eigenvalue weighted by Gasteiger charge is -2.33. The molecule has 22 heavy (non-hydrogen) atoms. The molecule has 0 spiro atoms. The van der Waals surface area contributed by atoms with Gasteiger partial charge in [0.15, 0.2) is 0 Å². The average molecular weight is 309 g/mol. The van der Waals surface area contributed by atoms with Crippen molar-refractivity contribution in [3.8, 4) is 0 Å². The number of nitrogens with two attached hydrogens (primary N) is 1. The van der Waals surface area contributed by atoms with E-state index in [2.05, 4.69) is 5.32 Å². The number of nitrogens with one attached hydrogen (secondary N) is 1. The second-order valence-corrected chi connectivity index (χ2v) is 5.21. The summed E-state index contributed by atoms with van der Waals surface area (Å²) in [6, 6.07) is 4.57. The zero-order valence-electron chi connectivity index (χ0n) is 12.4. The van der Waals surface area contributed by atoms with Gasteiger partial charge >= 0.3 is 0 Å². The van der Waals surface area contributed by atoms with Crippen molar-refractivity contribution < 1.29 is 18.7 Å². The van der Waals surface area contributed by atoms with Crippen LogP contribution >= 0.6 is 0 Å². The third kappa shape index (κ3) is 3.61. The summed E-state index contributed by atoms with van der Waals surface area (Å²) in [6.07, 6.45) is 1.18. The number of methoxy groups -OCH3 is 1. The van der Waals surface area contributed by atoms with Crippen LogP contribution in [0.1, 0.15) is 12.8 Å². The van der Waals surface area contributed by atoms with Gasteiger partial charge in [0.1, 0.15) is 17.9 Å². The monoisotopic (exact) mass is 309 g/mol. The molecule has 120 valence electrons. The van der Waals surface area contributed by atoms with Crippen LogP contribution in [0.4, 0.5) is 10.1 Å². The molecule has 1 aliphatic rings. The minimum Gasteiger partial charge on any atom is -0.383 e. The van der Waals surface area contributed by atoms with Crippen LogP contribution in [0.3, 0.4) is 0 Å². The van der Waals surface area contributed by atoms with E-state index in [1.54, 1.807) is 18.2 Å². The van der Waals surface area contributed by atoms with Crippen LogP contribution in [-0.4, -0.2) is 44.2 Å². The van der Waals surface area contributed by atoms with Gasteiger partial charge in [0.2, 0.25) is 11.8 Å². The van der Waals surface area contributed by atoms with E-state index in [9.17, 15) is 14.0 Å². The van der Waals surface area contributed by atoms with Crippen molar-refractivity contribution >= 4 is 17.5 Å². The lowest BCUT2D eigenvalue weighted by molar-refractivity contribution is -0.129. The largest absolute Gasteiger partial charge is 0.383 e. The Morgan fingerprint density at radius 2 is 2.27 bits per heavy atom. The summed E-state index contributed by atoms with van der Waals surface area (Å²) in [5.41, 5.74) is 5.87. The van der Waals surface area contributed by atoms with Crippen molar-refractivity contribution in [3.05, 3.63) is 30.1 Å². The standard InChI is InChI=1S/C15H20FN3O3/c1-22-9-11(17)14(20)18-12-6-4-8-19(15(12)21)13-7-3-2-5-10(13)16/h2-3,5,7,11-12H,4,6,8-9,17H2,1H3,(H,18,20). The SMILES string of the molecule is COCC(N)C(=O)NC1CCCN(c2ccccc2F)C1=O. The van der Waals surface area contributed by atoms with Gasteiger partial charge in [0, 0.05) is 13.7 Å². The van der Waals surface area contributed by atoms with E-state index < -0.39 is 23.8 Å². The van der Waals surface area contributed by atoms with Crippen LogP contribution in [0.2, 0.25) is 0 Å². The van der Waals surface area contributed by atoms with E-state index in [4.69, 9.17) is 10.5 Å². The number of hydrogen-bond donors (Lipinski definition) is 2. The Kier molecular flexibility index (Phi) is 5.46. The molecule has 2 unspecified atom stereocenters. The predicted octanol–water partition coefficient (Wildman–Crippen LogP) is 0.411. The molecule has 0 aliphatic carbocycles. The summed E-state index contributed by atoms with van der Waals surface area (Å²) < 4.78 is 18.7. The molecule has 1 aromatic carbocycles. The van der Waals surface area contributed by atoms with E-state index >= 15 is 0 Å². The minimum absolute atomic E-state index is 0.0732. The zero-order chi connectivity index (χ0) is 16.1. The number of hydrogen-bond acceptors (Lipinski definition) is 4. The molecule has 2 amide bonds. The van der Waals surface area contributed by atoms with E-state index in [1.807, 2.05) is 0 Å². The molecule has 1 fully saturated rings. The maximum absolute atomic E-state index is 13.8. The third-order valence-electron chi connectivity index (χ3n) is 3.58. The highest BCUT2D eigenvalue weighted by Crippen LogP contribution is 2.23. The quantitative estimate of drug-likeness (QED) is 0.825. The maximum Gasteiger partial charge on any atom is 0.249 e. The smallest absolute Gasteiger partial charge is 0.249 e. The van der Waals surface area contributed by atoms with Crippen LogP contribution in [0, 0.1) is 5.82 Å². The number of amides is 2. The van der Waals surface area contributed by atoms with Crippen LogP contribution in [-0.2, 0) is 14.3 Å². The number of piperidine rings is 1. The summed E-state index contributed by atoms with van der Waals surface area (Å²) in [5, 5.41) is 2.61. The summed E-state index contributed by atoms with van der Waals surface area (Å²) in [7, 11) is 1.44. The summed E-state index contributed by atoms with van der Waals surface area (Å²) in [6.45, 7) is 0.500. The van der Waals surface area contributed by atoms with E-state index in [1.165, 1.54) is 18.1 Å². The number of rotatable bonds is 5. The Morgan fingerprint density at radius 3 is 2.95 bits per heavy atom. The molecule has 1 saturated heterocycles. The first kappa shape index (κ1) is 16.4. The van der Waals surface area contributed by atoms with Gasteiger partial charge in [-0.15, -0.1) is 0 Å². The highest BCUT2D eigenvalue weighted by atomic mass is 19.1. The third-order valence-corrected chi connectivity index (χ3v) is 3.58. The maximum atomic E-state index is 13.8. The summed E-state index contributed by atoms with van der Waals surface area (Å²) >= 11 is 0. The number of halogens is 1. The van der Waals surface area contributed by atoms with Crippen LogP contribution in [0.5, 0.6) is 0 Å². The van der Waals surface area contributed by atoms with Gasteiger partial charge in [0.05, 0.1) is 12.3 Å². The zero-order valence-corrected chi connectivity index (χ0v) is 12.4. The highest BCUT2D eigenvalue weighted by Gasteiger charge is 2.32. The van der Waals surface area contributed by atoms with Crippen molar-refractivity contribution in [2.75, 3.05) is 25.2 Å². The molecular formula is C15H20FN3O3. The Hall–Kier alpha value is -1.99. The molecule has 1 heterocycles. The number of benzene rings is 1. The fraction of sp³-hybridized carbons (Fsp3) is 0.467. The van der Waals surface area contributed by atoms with Crippen molar-refractivity contribution in [1.82, 2.24) is 5.32 Å². The van der Waals surface area contributed by atoms with Crippen molar-refractivity contribution in [3.63, 3.8) is 0 Å². The minimum atomic E-state index is -0.832. The second-order valence-electron chi connectivity index (χ2n) is 5.21. The average Bonchev–Trinajstić information content (AvgIpc) is 2.50. The molecule has 6 nitrogen and oxygen atoms in total. The molecule has 2 rings (SSSR count). The number of carbonyl (C=O) groups excluding carboxylic acids is 2. The number of ether oxygens (including phenoxy) is 1. The van der Waals surface area contributed by atoms with Crippen molar-refractivity contribution in [2.45, 2.75) is 24.9 Å². The number of nitrogens with zero attached hydrogens (tertiary/aromatic N) is 1. The summed E-state index contributed by atoms with van der Waals surface area (Å²) in [4.78, 5) is 25.7. The Labute approximate surface area is 128 Å². The molecule has 2 atom stereocenters. The normalized spacial score (nSPS) is 19.9. The van der Waals surface area contributed by atoms with E-state index in [0.717, 1.165) is 0 Å². The van der Waals surface area contributed by atoms with Gasteiger partial charge in [-0.3, -0.25) is 9.59 Å². The first-order valence-electron chi connectivity index (χ1n) is 7.15. The van der Waals surface area contributed by atoms with Crippen LogP contribution < -0.4 is 16.0 Å². The molecular weight excluding hydrogens is 289 g/mol. The first-order valence-corrected chi connectivity index (χ1v) is 7.15. The Morgan fingerprint density at radius 1 is 1.55 bits per heavy atom. The lowest BCUT2D eigenvalue weighted by Crippen LogP contribution is -2.56. The fourth-order valence-corrected chi connectivity index (χ4v) is 2.45. The van der Waals surface area contributed by atoms with Crippen molar-refractivity contribution in [2.24, 2.45) is 5.73 Å². The predicted molar refractivity (Wildman–Crippen MR) is 79.8 cm³/mol. The van der Waals surface area contributed by atoms with Crippen molar-refractivity contribution in [1.29, 1.82) is 0 Å². The van der Waals surface area contributed by atoms with Crippen LogP contribution in [0.15, 0.2) is 24.3 Å². The molecule has 1 aromatic rings. The van der Waals surface area contributed by atoms with Gasteiger partial charge in [-0.1, -0.05) is 12.1 Å². The van der Waals surface area contributed by atoms with Gasteiger partial charge in [-0.25, -0.2) is 4.39 Å². The van der Waals surface area contributed by atoms with E-state index in [0.29, 0.717) is 19.4 Å². The Bertz CT molecular complexity index is 553. The van der Waals surface area contributed by atoms with Gasteiger partial charge < -0.3 is 20.7 Å². The van der Waals surface area contributed by atoms with Gasteiger partial charge in [-0.2, -0.15) is 0 Å². The van der Waals surface area contributed by atoms with E-state index in [-0.39, 0.29) is 18.2 Å². The first-order chi connectivity index (χ1) is 10.5. The summed E-state index contributed by atoms with van der Waals surface area (Å²) in [5.74, 6) is -1.23. The fourth-order valence-electron chi connectivity index (χ4n) is 2.45. The van der Waals surface area contributed by atoms with Gasteiger partial charge in [-0.05, 0) is 25.0 Å². The number of anilines is 1. The molecule has 0 saturated carbocycles. The molecule has 0 radical (unpaired) electrons. The van der Waals surface area contributed by atoms with Gasteiger partial charge in [0.25, 0.3) is 0 Å². The number of para-hydroxylation sites is 1. The molecule has 1 aliphatic heterocycles. The lowest BCUT2D eigenvalue weighted by atomic mass is 10.0. The Balaban J connectivity index is 2.07. The molecule has 7 heteroatoms. The topological polar surface area (TPSA) is 84.7 Å². The molecule has 0 bridgehead atoms. The molecule has 0 aromatic heterocycles. The highest BCUT2D eigenvalue weighted by molar-refractivity contribution is 6.00. The number of carbonyl (C=O) groups is 2. The molecule has 3 N–H and O–H groups in total.